The van der Waals surface area contributed by atoms with Crippen LogP contribution >= 0.6 is 0 Å². The van der Waals surface area contributed by atoms with E-state index in [4.69, 9.17) is 0 Å². The van der Waals surface area contributed by atoms with Gasteiger partial charge in [-0.05, 0) is 48.5 Å². The maximum absolute atomic E-state index is 13.1. The molecule has 0 aromatic heterocycles. The topological polar surface area (TPSA) is 0 Å². The minimum absolute atomic E-state index is 0.175. The van der Waals surface area contributed by atoms with Crippen molar-refractivity contribution >= 4 is 24.5 Å². The summed E-state index contributed by atoms with van der Waals surface area (Å²) in [5, 5.41) is 3.13. The molecule has 1 fully saturated rings. The lowest BCUT2D eigenvalue weighted by atomic mass is 10.0. The zero-order valence-electron chi connectivity index (χ0n) is 15.5. The van der Waals surface area contributed by atoms with Crippen LogP contribution in [0.15, 0.2) is 91.0 Å². The molecule has 3 aromatic carbocycles. The van der Waals surface area contributed by atoms with Gasteiger partial charge in [-0.25, -0.2) is 4.39 Å². The van der Waals surface area contributed by atoms with Gasteiger partial charge in [-0.2, -0.15) is 0 Å². The Morgan fingerprint density at radius 2 is 1.22 bits per heavy atom. The van der Waals surface area contributed by atoms with E-state index < -0.39 is 8.07 Å². The Morgan fingerprint density at radius 3 is 1.74 bits per heavy atom. The van der Waals surface area contributed by atoms with Gasteiger partial charge in [-0.1, -0.05) is 95.3 Å². The predicted octanol–water partition coefficient (Wildman–Crippen LogP) is 5.51. The molecule has 0 amide bonds. The molecule has 0 N–H and O–H groups in total. The molecule has 0 aliphatic carbocycles. The van der Waals surface area contributed by atoms with Crippen molar-refractivity contribution in [2.75, 3.05) is 0 Å². The van der Waals surface area contributed by atoms with Gasteiger partial charge in [0.05, 0.1) is 0 Å². The molecule has 0 spiro atoms. The van der Waals surface area contributed by atoms with Gasteiger partial charge in [0.15, 0.2) is 0 Å². The van der Waals surface area contributed by atoms with Gasteiger partial charge in [0.25, 0.3) is 0 Å². The van der Waals surface area contributed by atoms with E-state index in [1.54, 1.807) is 10.4 Å². The lowest BCUT2D eigenvalue weighted by molar-refractivity contribution is 0.574. The van der Waals surface area contributed by atoms with Crippen LogP contribution in [0.4, 0.5) is 4.39 Å². The second kappa shape index (κ2) is 8.06. The number of benzene rings is 3. The largest absolute Gasteiger partial charge is 0.207 e. The van der Waals surface area contributed by atoms with Crippen molar-refractivity contribution in [3.8, 4) is 0 Å². The van der Waals surface area contributed by atoms with Crippen LogP contribution in [0, 0.1) is 11.7 Å². The van der Waals surface area contributed by atoms with Crippen LogP contribution in [0.25, 0.3) is 6.08 Å². The molecule has 4 rings (SSSR count). The van der Waals surface area contributed by atoms with Crippen LogP contribution in [-0.2, 0) is 0 Å². The van der Waals surface area contributed by atoms with Crippen molar-refractivity contribution in [2.45, 2.75) is 24.9 Å². The van der Waals surface area contributed by atoms with E-state index >= 15 is 0 Å². The van der Waals surface area contributed by atoms with Crippen molar-refractivity contribution in [2.24, 2.45) is 5.92 Å². The van der Waals surface area contributed by atoms with Crippen molar-refractivity contribution < 1.29 is 4.39 Å². The van der Waals surface area contributed by atoms with Crippen molar-refractivity contribution in [1.82, 2.24) is 0 Å². The van der Waals surface area contributed by atoms with E-state index in [9.17, 15) is 4.39 Å². The van der Waals surface area contributed by atoms with Gasteiger partial charge >= 0.3 is 0 Å². The summed E-state index contributed by atoms with van der Waals surface area (Å²) in [6.07, 6.45) is 6.95. The Morgan fingerprint density at radius 1 is 0.704 bits per heavy atom. The molecular formula is C25H25FSi. The summed E-state index contributed by atoms with van der Waals surface area (Å²) < 4.78 is 13.1. The zero-order chi connectivity index (χ0) is 18.5. The minimum Gasteiger partial charge on any atom is -0.207 e. The first-order valence-corrected chi connectivity index (χ1v) is 12.2. The molecule has 1 heterocycles. The van der Waals surface area contributed by atoms with E-state index in [2.05, 4.69) is 72.8 Å². The van der Waals surface area contributed by atoms with E-state index in [1.165, 1.54) is 37.1 Å². The molecule has 0 atom stereocenters. The predicted molar refractivity (Wildman–Crippen MR) is 116 cm³/mol. The smallest absolute Gasteiger partial charge is 0.123 e. The van der Waals surface area contributed by atoms with E-state index in [-0.39, 0.29) is 5.82 Å². The molecule has 1 aliphatic heterocycles. The second-order valence-electron chi connectivity index (χ2n) is 7.56. The maximum atomic E-state index is 13.1. The highest BCUT2D eigenvalue weighted by Crippen LogP contribution is 2.33. The van der Waals surface area contributed by atoms with Crippen LogP contribution in [0.5, 0.6) is 0 Å². The molecule has 27 heavy (non-hydrogen) atoms. The van der Waals surface area contributed by atoms with E-state index in [1.807, 2.05) is 12.1 Å². The Kier molecular flexibility index (Phi) is 5.35. The molecule has 0 saturated carbocycles. The van der Waals surface area contributed by atoms with Gasteiger partial charge in [-0.3, -0.25) is 0 Å². The number of hydrogen-bond donors (Lipinski definition) is 0. The number of rotatable bonds is 4. The molecule has 0 nitrogen and oxygen atoms in total. The van der Waals surface area contributed by atoms with Crippen LogP contribution in [-0.4, -0.2) is 8.07 Å². The average molecular weight is 373 g/mol. The van der Waals surface area contributed by atoms with Gasteiger partial charge in [0.1, 0.15) is 13.9 Å². The van der Waals surface area contributed by atoms with E-state index in [0.717, 1.165) is 5.56 Å². The second-order valence-corrected chi connectivity index (χ2v) is 11.9. The molecule has 0 bridgehead atoms. The Hall–Kier alpha value is -2.45. The number of allylic oxidation sites excluding steroid dienone is 1. The fraction of sp³-hybridized carbons (Fsp3) is 0.200. The van der Waals surface area contributed by atoms with E-state index in [0.29, 0.717) is 5.92 Å². The molecule has 0 radical (unpaired) electrons. The molecule has 0 unspecified atom stereocenters. The molecule has 136 valence electrons. The Bertz CT molecular complexity index is 835. The maximum Gasteiger partial charge on any atom is 0.123 e. The Labute approximate surface area is 162 Å². The lowest BCUT2D eigenvalue weighted by Crippen LogP contribution is -2.59. The molecular weight excluding hydrogens is 347 g/mol. The summed E-state index contributed by atoms with van der Waals surface area (Å²) in [6, 6.07) is 31.7. The molecule has 1 aliphatic rings. The fourth-order valence-electron chi connectivity index (χ4n) is 4.40. The van der Waals surface area contributed by atoms with Gasteiger partial charge in [0.2, 0.25) is 0 Å². The highest BCUT2D eigenvalue weighted by Gasteiger charge is 2.39. The first-order chi connectivity index (χ1) is 13.3. The quantitative estimate of drug-likeness (QED) is 0.530. The summed E-state index contributed by atoms with van der Waals surface area (Å²) in [4.78, 5) is 0. The molecule has 1 saturated heterocycles. The first-order valence-electron chi connectivity index (χ1n) is 9.81. The number of hydrogen-bond acceptors (Lipinski definition) is 0. The summed E-state index contributed by atoms with van der Waals surface area (Å²) in [7, 11) is -1.68. The highest BCUT2D eigenvalue weighted by molar-refractivity contribution is 7.02. The van der Waals surface area contributed by atoms with Crippen molar-refractivity contribution in [3.05, 3.63) is 102 Å². The third kappa shape index (κ3) is 3.96. The summed E-state index contributed by atoms with van der Waals surface area (Å²) >= 11 is 0. The van der Waals surface area contributed by atoms with Crippen molar-refractivity contribution in [3.63, 3.8) is 0 Å². The molecule has 2 heteroatoms. The zero-order valence-corrected chi connectivity index (χ0v) is 16.5. The van der Waals surface area contributed by atoms with Crippen molar-refractivity contribution in [1.29, 1.82) is 0 Å². The first kappa shape index (κ1) is 17.9. The summed E-state index contributed by atoms with van der Waals surface area (Å²) in [5.41, 5.74) is 1.08. The van der Waals surface area contributed by atoms with Crippen LogP contribution in [0.2, 0.25) is 12.1 Å². The van der Waals surface area contributed by atoms with Gasteiger partial charge in [-0.15, -0.1) is 0 Å². The SMILES string of the molecule is Fc1ccc(C=CC2CC[Si](c3ccccc3)(c3ccccc3)CC2)cc1. The van der Waals surface area contributed by atoms with Gasteiger partial charge < -0.3 is 0 Å². The summed E-state index contributed by atoms with van der Waals surface area (Å²) in [6.45, 7) is 0. The Balaban J connectivity index is 1.54. The third-order valence-corrected chi connectivity index (χ3v) is 11.1. The van der Waals surface area contributed by atoms with Crippen LogP contribution < -0.4 is 10.4 Å². The van der Waals surface area contributed by atoms with Gasteiger partial charge in [0, 0.05) is 0 Å². The van der Waals surface area contributed by atoms with Crippen LogP contribution in [0.3, 0.4) is 0 Å². The molecule has 3 aromatic rings. The monoisotopic (exact) mass is 372 g/mol. The fourth-order valence-corrected chi connectivity index (χ4v) is 9.53. The van der Waals surface area contributed by atoms with Crippen LogP contribution in [0.1, 0.15) is 18.4 Å². The minimum atomic E-state index is -1.68. The third-order valence-electron chi connectivity index (χ3n) is 5.97. The average Bonchev–Trinajstić information content (AvgIpc) is 2.75. The highest BCUT2D eigenvalue weighted by atomic mass is 28.3. The lowest BCUT2D eigenvalue weighted by Gasteiger charge is -2.39. The summed E-state index contributed by atoms with van der Waals surface area (Å²) in [5.74, 6) is 0.439. The number of halogens is 1. The normalized spacial score (nSPS) is 17.2. The standard InChI is InChI=1S/C25H25FSi/c26-23-15-13-21(14-16-23)11-12-22-17-19-27(20-18-22,24-7-3-1-4-8-24)25-9-5-2-6-10-25/h1-16,22H,17-20H2.